The highest BCUT2D eigenvalue weighted by Crippen LogP contribution is 2.43. The number of methoxy groups -OCH3 is 4. The van der Waals surface area contributed by atoms with Gasteiger partial charge in [0.25, 0.3) is 0 Å². The molecule has 0 N–H and O–H groups in total. The molecule has 2 aliphatic rings. The van der Waals surface area contributed by atoms with Crippen LogP contribution in [-0.2, 0) is 41.4 Å². The van der Waals surface area contributed by atoms with Crippen molar-refractivity contribution in [3.63, 3.8) is 0 Å². The molecule has 0 spiro atoms. The molecule has 0 bridgehead atoms. The number of hydrogen-bond donors (Lipinski definition) is 0. The fraction of sp³-hybridized carbons (Fsp3) is 0.235. The van der Waals surface area contributed by atoms with Crippen molar-refractivity contribution in [3.05, 3.63) is 153 Å². The van der Waals surface area contributed by atoms with E-state index < -0.39 is 22.4 Å². The molecule has 3 aromatic rings. The van der Waals surface area contributed by atoms with Gasteiger partial charge in [-0.2, -0.15) is 0 Å². The molecule has 0 aromatic heterocycles. The first-order valence-electron chi connectivity index (χ1n) is 12.9. The fourth-order valence-corrected chi connectivity index (χ4v) is 5.94. The summed E-state index contributed by atoms with van der Waals surface area (Å²) in [4.78, 5) is 0. The Morgan fingerprint density at radius 3 is 0.700 bits per heavy atom. The third-order valence-corrected chi connectivity index (χ3v) is 9.10. The zero-order chi connectivity index (χ0) is 28.4. The number of halogens is 2. The minimum Gasteiger partial charge on any atom is -0.365 e. The summed E-state index contributed by atoms with van der Waals surface area (Å²) in [7, 11) is 6.88. The Kier molecular flexibility index (Phi) is 8.22. The largest absolute Gasteiger partial charge is 0.365 e. The zero-order valence-electron chi connectivity index (χ0n) is 22.9. The van der Waals surface area contributed by atoms with Gasteiger partial charge in [0, 0.05) is 37.4 Å². The summed E-state index contributed by atoms with van der Waals surface area (Å²) in [5.74, 6) is 0. The van der Waals surface area contributed by atoms with E-state index in [1.54, 1.807) is 28.4 Å². The molecule has 0 atom stereocenters. The number of benzene rings is 3. The Bertz CT molecular complexity index is 1310. The average Bonchev–Trinajstić information content (AvgIpc) is 3.02. The Hall–Kier alpha value is -2.58. The highest BCUT2D eigenvalue weighted by atomic mass is 79.9. The maximum Gasteiger partial charge on any atom is 0.129 e. The SMILES string of the molecule is COC1(c2ccc(Br)cc2)C=CC(OC)(c2ccc(C3(OC)C=CC(OC)(c4ccc(Br)cc4)C=C3)cc2)C=C1. The van der Waals surface area contributed by atoms with Crippen LogP contribution >= 0.6 is 31.9 Å². The van der Waals surface area contributed by atoms with Crippen molar-refractivity contribution in [1.29, 1.82) is 0 Å². The van der Waals surface area contributed by atoms with Gasteiger partial charge in [0.1, 0.15) is 22.4 Å². The molecule has 0 amide bonds. The second kappa shape index (κ2) is 11.4. The molecule has 3 aromatic carbocycles. The molecule has 5 rings (SSSR count). The van der Waals surface area contributed by atoms with Gasteiger partial charge in [0.2, 0.25) is 0 Å². The number of rotatable bonds is 8. The minimum atomic E-state index is -0.721. The van der Waals surface area contributed by atoms with Crippen molar-refractivity contribution in [2.75, 3.05) is 28.4 Å². The standard InChI is InChI=1S/C34H32Br2O4/c1-37-31(17-21-33(39-3,22-18-31)27-9-13-29(35)14-10-27)25-5-7-26(8-6-25)32(38-2)19-23-34(40-4,24-20-32)28-11-15-30(36)16-12-28/h5-24H,1-4H3. The van der Waals surface area contributed by atoms with Gasteiger partial charge < -0.3 is 18.9 Å². The van der Waals surface area contributed by atoms with Crippen LogP contribution in [0.15, 0.2) is 130 Å². The quantitative estimate of drug-likeness (QED) is 0.228. The van der Waals surface area contributed by atoms with Gasteiger partial charge in [-0.05, 0) is 95.1 Å². The maximum atomic E-state index is 6.08. The van der Waals surface area contributed by atoms with Crippen LogP contribution in [0.1, 0.15) is 22.3 Å². The number of ether oxygens (including phenoxy) is 4. The molecule has 2 aliphatic carbocycles. The van der Waals surface area contributed by atoms with Crippen molar-refractivity contribution < 1.29 is 18.9 Å². The highest BCUT2D eigenvalue weighted by Gasteiger charge is 2.39. The van der Waals surface area contributed by atoms with Crippen LogP contribution in [0, 0.1) is 0 Å². The van der Waals surface area contributed by atoms with Gasteiger partial charge in [-0.25, -0.2) is 0 Å². The first-order valence-corrected chi connectivity index (χ1v) is 14.5. The van der Waals surface area contributed by atoms with E-state index in [-0.39, 0.29) is 0 Å². The molecular weight excluding hydrogens is 632 g/mol. The second-order valence-corrected chi connectivity index (χ2v) is 11.7. The Labute approximate surface area is 253 Å². The van der Waals surface area contributed by atoms with Crippen molar-refractivity contribution in [3.8, 4) is 0 Å². The fourth-order valence-electron chi connectivity index (χ4n) is 5.41. The summed E-state index contributed by atoms with van der Waals surface area (Å²) in [5, 5.41) is 0. The molecule has 0 saturated heterocycles. The molecule has 40 heavy (non-hydrogen) atoms. The molecule has 4 nitrogen and oxygen atoms in total. The van der Waals surface area contributed by atoms with E-state index in [4.69, 9.17) is 18.9 Å². The van der Waals surface area contributed by atoms with Gasteiger partial charge in [-0.1, -0.05) is 80.4 Å². The predicted molar refractivity (Wildman–Crippen MR) is 166 cm³/mol. The Morgan fingerprint density at radius 2 is 0.525 bits per heavy atom. The predicted octanol–water partition coefficient (Wildman–Crippen LogP) is 8.23. The van der Waals surface area contributed by atoms with E-state index in [2.05, 4.69) is 129 Å². The molecule has 0 radical (unpaired) electrons. The summed E-state index contributed by atoms with van der Waals surface area (Å²) in [6.45, 7) is 0. The topological polar surface area (TPSA) is 36.9 Å². The molecule has 6 heteroatoms. The van der Waals surface area contributed by atoms with E-state index in [0.29, 0.717) is 0 Å². The zero-order valence-corrected chi connectivity index (χ0v) is 26.1. The molecule has 0 aliphatic heterocycles. The van der Waals surface area contributed by atoms with Crippen molar-refractivity contribution in [1.82, 2.24) is 0 Å². The second-order valence-electron chi connectivity index (χ2n) is 9.91. The molecule has 0 saturated carbocycles. The van der Waals surface area contributed by atoms with E-state index in [9.17, 15) is 0 Å². The van der Waals surface area contributed by atoms with Crippen LogP contribution in [0.4, 0.5) is 0 Å². The summed E-state index contributed by atoms with van der Waals surface area (Å²) >= 11 is 7.02. The number of hydrogen-bond acceptors (Lipinski definition) is 4. The smallest absolute Gasteiger partial charge is 0.129 e. The van der Waals surface area contributed by atoms with Gasteiger partial charge in [0.15, 0.2) is 0 Å². The molecule has 0 unspecified atom stereocenters. The molecule has 0 fully saturated rings. The maximum absolute atomic E-state index is 6.08. The van der Waals surface area contributed by atoms with Crippen molar-refractivity contribution >= 4 is 31.9 Å². The summed E-state index contributed by atoms with van der Waals surface area (Å²) in [6, 6.07) is 24.6. The Balaban J connectivity index is 1.43. The first-order chi connectivity index (χ1) is 19.3. The lowest BCUT2D eigenvalue weighted by molar-refractivity contribution is 0.0406. The average molecular weight is 664 g/mol. The summed E-state index contributed by atoms with van der Waals surface area (Å²) < 4.78 is 26.2. The van der Waals surface area contributed by atoms with E-state index in [1.165, 1.54) is 0 Å². The van der Waals surface area contributed by atoms with Gasteiger partial charge in [0.05, 0.1) is 0 Å². The van der Waals surface area contributed by atoms with Crippen LogP contribution in [0.5, 0.6) is 0 Å². The molecular formula is C34H32Br2O4. The minimum absolute atomic E-state index is 0.664. The van der Waals surface area contributed by atoms with Crippen LogP contribution in [0.25, 0.3) is 0 Å². The lowest BCUT2D eigenvalue weighted by atomic mass is 9.79. The van der Waals surface area contributed by atoms with Crippen molar-refractivity contribution in [2.24, 2.45) is 0 Å². The lowest BCUT2D eigenvalue weighted by Gasteiger charge is -2.37. The van der Waals surface area contributed by atoms with Crippen LogP contribution in [0.2, 0.25) is 0 Å². The van der Waals surface area contributed by atoms with Crippen molar-refractivity contribution in [2.45, 2.75) is 22.4 Å². The van der Waals surface area contributed by atoms with Gasteiger partial charge >= 0.3 is 0 Å². The summed E-state index contributed by atoms with van der Waals surface area (Å²) in [5.41, 5.74) is 1.32. The van der Waals surface area contributed by atoms with Crippen LogP contribution < -0.4 is 0 Å². The molecule has 0 heterocycles. The van der Waals surface area contributed by atoms with Gasteiger partial charge in [-0.15, -0.1) is 0 Å². The van der Waals surface area contributed by atoms with Crippen LogP contribution in [-0.4, -0.2) is 28.4 Å². The van der Waals surface area contributed by atoms with Gasteiger partial charge in [-0.3, -0.25) is 0 Å². The normalized spacial score (nSPS) is 29.1. The monoisotopic (exact) mass is 662 g/mol. The van der Waals surface area contributed by atoms with E-state index in [1.807, 2.05) is 24.3 Å². The lowest BCUT2D eigenvalue weighted by Crippen LogP contribution is -2.34. The summed E-state index contributed by atoms with van der Waals surface area (Å²) in [6.07, 6.45) is 16.5. The van der Waals surface area contributed by atoms with Crippen LogP contribution in [0.3, 0.4) is 0 Å². The highest BCUT2D eigenvalue weighted by molar-refractivity contribution is 9.10. The Morgan fingerprint density at radius 1 is 0.350 bits per heavy atom. The van der Waals surface area contributed by atoms with E-state index in [0.717, 1.165) is 31.2 Å². The third-order valence-electron chi connectivity index (χ3n) is 8.04. The van der Waals surface area contributed by atoms with E-state index >= 15 is 0 Å². The first kappa shape index (κ1) is 28.9. The molecule has 206 valence electrons. The third kappa shape index (κ3) is 5.02.